The minimum Gasteiger partial charge on any atom is -0.378 e. The molecule has 0 aromatic rings. The van der Waals surface area contributed by atoms with Crippen LogP contribution in [-0.2, 0) is 14.3 Å². The van der Waals surface area contributed by atoms with Crippen LogP contribution >= 0.6 is 11.6 Å². The second kappa shape index (κ2) is 5.67. The highest BCUT2D eigenvalue weighted by atomic mass is 35.5. The Morgan fingerprint density at radius 2 is 2.12 bits per heavy atom. The Kier molecular flexibility index (Phi) is 5.04. The number of halogens is 1. The van der Waals surface area contributed by atoms with Gasteiger partial charge in [-0.1, -0.05) is 24.9 Å². The smallest absolute Gasteiger partial charge is 0.273 e. The fourth-order valence-electron chi connectivity index (χ4n) is 1.58. The van der Waals surface area contributed by atoms with Gasteiger partial charge in [0.1, 0.15) is 5.56 Å². The van der Waals surface area contributed by atoms with Gasteiger partial charge in [0.2, 0.25) is 0 Å². The summed E-state index contributed by atoms with van der Waals surface area (Å²) >= 11 is 5.41. The summed E-state index contributed by atoms with van der Waals surface area (Å²) in [6.07, 6.45) is 3.55. The van der Waals surface area contributed by atoms with Crippen molar-refractivity contribution in [3.05, 3.63) is 0 Å². The van der Waals surface area contributed by atoms with Crippen LogP contribution in [0.25, 0.3) is 0 Å². The zero-order chi connectivity index (χ0) is 12.2. The van der Waals surface area contributed by atoms with E-state index in [1.165, 1.54) is 0 Å². The summed E-state index contributed by atoms with van der Waals surface area (Å²) in [5.74, 6) is 0. The Morgan fingerprint density at radius 1 is 1.50 bits per heavy atom. The monoisotopic (exact) mass is 270 g/mol. The van der Waals surface area contributed by atoms with E-state index in [1.807, 2.05) is 6.92 Å². The van der Waals surface area contributed by atoms with Crippen molar-refractivity contribution in [2.45, 2.75) is 55.8 Å². The fourth-order valence-corrected chi connectivity index (χ4v) is 3.25. The van der Waals surface area contributed by atoms with Crippen LogP contribution in [0.1, 0.15) is 45.4 Å². The largest absolute Gasteiger partial charge is 0.378 e. The van der Waals surface area contributed by atoms with Crippen molar-refractivity contribution in [2.24, 2.45) is 0 Å². The highest BCUT2D eigenvalue weighted by Gasteiger charge is 2.54. The third-order valence-electron chi connectivity index (χ3n) is 2.91. The van der Waals surface area contributed by atoms with E-state index in [9.17, 15) is 8.42 Å². The molecule has 1 aliphatic rings. The SMILES string of the molecule is CCCCOS(=O)(=O)C1(CCC(O)Cl)CC1. The van der Waals surface area contributed by atoms with Crippen molar-refractivity contribution >= 4 is 21.7 Å². The molecule has 1 fully saturated rings. The van der Waals surface area contributed by atoms with Crippen molar-refractivity contribution in [1.29, 1.82) is 0 Å². The molecule has 0 aromatic carbocycles. The molecule has 0 spiro atoms. The lowest BCUT2D eigenvalue weighted by molar-refractivity contribution is 0.237. The van der Waals surface area contributed by atoms with E-state index in [-0.39, 0.29) is 13.0 Å². The van der Waals surface area contributed by atoms with Gasteiger partial charge in [0.25, 0.3) is 10.1 Å². The topological polar surface area (TPSA) is 63.6 Å². The molecule has 0 amide bonds. The summed E-state index contributed by atoms with van der Waals surface area (Å²) in [6.45, 7) is 2.23. The molecule has 0 radical (unpaired) electrons. The van der Waals surface area contributed by atoms with Gasteiger partial charge in [-0.15, -0.1) is 0 Å². The summed E-state index contributed by atoms with van der Waals surface area (Å²) in [5, 5.41) is 8.95. The molecule has 1 aliphatic carbocycles. The predicted octanol–water partition coefficient (Wildman–Crippen LogP) is 2.00. The van der Waals surface area contributed by atoms with Gasteiger partial charge in [-0.2, -0.15) is 8.42 Å². The lowest BCUT2D eigenvalue weighted by atomic mass is 10.2. The van der Waals surface area contributed by atoms with Crippen LogP contribution in [0.2, 0.25) is 0 Å². The van der Waals surface area contributed by atoms with E-state index in [0.29, 0.717) is 19.3 Å². The third kappa shape index (κ3) is 3.58. The quantitative estimate of drug-likeness (QED) is 0.416. The molecule has 0 heterocycles. The third-order valence-corrected chi connectivity index (χ3v) is 5.28. The average Bonchev–Trinajstić information content (AvgIpc) is 2.96. The van der Waals surface area contributed by atoms with Gasteiger partial charge >= 0.3 is 0 Å². The maximum Gasteiger partial charge on any atom is 0.273 e. The van der Waals surface area contributed by atoms with E-state index in [0.717, 1.165) is 12.8 Å². The molecule has 0 aromatic heterocycles. The van der Waals surface area contributed by atoms with Crippen molar-refractivity contribution in [3.8, 4) is 0 Å². The molecule has 0 bridgehead atoms. The Hall–Kier alpha value is 0.160. The maximum atomic E-state index is 11.9. The first-order valence-electron chi connectivity index (χ1n) is 5.65. The summed E-state index contributed by atoms with van der Waals surface area (Å²) in [7, 11) is -3.49. The second-order valence-electron chi connectivity index (χ2n) is 4.29. The molecule has 1 N–H and O–H groups in total. The van der Waals surface area contributed by atoms with Crippen LogP contribution in [0.4, 0.5) is 0 Å². The molecular weight excluding hydrogens is 252 g/mol. The molecular formula is C10H19ClO4S. The highest BCUT2D eigenvalue weighted by Crippen LogP contribution is 2.48. The number of aliphatic hydroxyl groups excluding tert-OH is 1. The van der Waals surface area contributed by atoms with Gasteiger partial charge in [-0.3, -0.25) is 4.18 Å². The average molecular weight is 271 g/mol. The van der Waals surface area contributed by atoms with Gasteiger partial charge in [0.15, 0.2) is 0 Å². The number of aliphatic hydroxyl groups is 1. The number of rotatable bonds is 8. The van der Waals surface area contributed by atoms with Crippen molar-refractivity contribution in [1.82, 2.24) is 0 Å². The van der Waals surface area contributed by atoms with Gasteiger partial charge < -0.3 is 5.11 Å². The van der Waals surface area contributed by atoms with E-state index in [4.69, 9.17) is 20.9 Å². The van der Waals surface area contributed by atoms with E-state index in [2.05, 4.69) is 0 Å². The molecule has 0 aliphatic heterocycles. The van der Waals surface area contributed by atoms with E-state index >= 15 is 0 Å². The van der Waals surface area contributed by atoms with Gasteiger partial charge in [-0.05, 0) is 32.1 Å². The zero-order valence-corrected chi connectivity index (χ0v) is 11.1. The molecule has 4 nitrogen and oxygen atoms in total. The minimum absolute atomic E-state index is 0.254. The minimum atomic E-state index is -3.49. The van der Waals surface area contributed by atoms with Crippen LogP contribution < -0.4 is 0 Å². The number of alkyl halides is 1. The van der Waals surface area contributed by atoms with Crippen molar-refractivity contribution in [3.63, 3.8) is 0 Å². The molecule has 1 unspecified atom stereocenters. The summed E-state index contributed by atoms with van der Waals surface area (Å²) < 4.78 is 27.9. The Balaban J connectivity index is 2.47. The fraction of sp³-hybridized carbons (Fsp3) is 1.00. The van der Waals surface area contributed by atoms with Crippen molar-refractivity contribution in [2.75, 3.05) is 6.61 Å². The first kappa shape index (κ1) is 14.2. The molecule has 16 heavy (non-hydrogen) atoms. The normalized spacial score (nSPS) is 20.7. The maximum absolute atomic E-state index is 11.9. The van der Waals surface area contributed by atoms with Gasteiger partial charge in [0.05, 0.1) is 11.4 Å². The molecule has 1 atom stereocenters. The van der Waals surface area contributed by atoms with Crippen LogP contribution in [0, 0.1) is 0 Å². The van der Waals surface area contributed by atoms with Crippen LogP contribution in [0.5, 0.6) is 0 Å². The Labute approximate surface area is 102 Å². The molecule has 1 saturated carbocycles. The highest BCUT2D eigenvalue weighted by molar-refractivity contribution is 7.88. The zero-order valence-electron chi connectivity index (χ0n) is 9.49. The standard InChI is InChI=1S/C10H19ClO4S/c1-2-3-8-15-16(13,14)10(6-7-10)5-4-9(11)12/h9,12H,2-8H2,1H3. The van der Waals surface area contributed by atoms with Gasteiger partial charge in [0, 0.05) is 0 Å². The second-order valence-corrected chi connectivity index (χ2v) is 6.80. The Morgan fingerprint density at radius 3 is 2.56 bits per heavy atom. The molecule has 96 valence electrons. The molecule has 1 rings (SSSR count). The first-order chi connectivity index (χ1) is 7.43. The predicted molar refractivity (Wildman–Crippen MR) is 62.8 cm³/mol. The van der Waals surface area contributed by atoms with Crippen LogP contribution in [-0.4, -0.2) is 30.4 Å². The van der Waals surface area contributed by atoms with Crippen LogP contribution in [0.15, 0.2) is 0 Å². The summed E-state index contributed by atoms with van der Waals surface area (Å²) in [4.78, 5) is 0. The van der Waals surface area contributed by atoms with E-state index < -0.39 is 20.4 Å². The van der Waals surface area contributed by atoms with Crippen LogP contribution in [0.3, 0.4) is 0 Å². The lowest BCUT2D eigenvalue weighted by Gasteiger charge is -2.16. The van der Waals surface area contributed by atoms with Crippen molar-refractivity contribution < 1.29 is 17.7 Å². The lowest BCUT2D eigenvalue weighted by Crippen LogP contribution is -2.26. The Bertz CT molecular complexity index is 309. The molecule has 6 heteroatoms. The van der Waals surface area contributed by atoms with Gasteiger partial charge in [-0.25, -0.2) is 0 Å². The summed E-state index contributed by atoms with van der Waals surface area (Å²) in [5.41, 5.74) is -0.969. The number of unbranched alkanes of at least 4 members (excludes halogenated alkanes) is 1. The van der Waals surface area contributed by atoms with E-state index in [1.54, 1.807) is 0 Å². The first-order valence-corrected chi connectivity index (χ1v) is 7.49. The number of hydrogen-bond acceptors (Lipinski definition) is 4. The number of hydrogen-bond donors (Lipinski definition) is 1. The summed E-state index contributed by atoms with van der Waals surface area (Å²) in [6, 6.07) is 0. The molecule has 0 saturated heterocycles.